The number of nitro benzene ring substituents is 1. The Hall–Kier alpha value is -4.90. The number of methoxy groups -OCH3 is 6. The van der Waals surface area contributed by atoms with Gasteiger partial charge in [-0.1, -0.05) is 19.0 Å². The maximum atomic E-state index is 13.9. The second kappa shape index (κ2) is 21.2. The first-order valence-corrected chi connectivity index (χ1v) is 21.2. The van der Waals surface area contributed by atoms with Crippen molar-refractivity contribution in [2.75, 3.05) is 73.9 Å². The number of thioether (sulfide) groups is 2. The predicted octanol–water partition coefficient (Wildman–Crippen LogP) is 8.19. The minimum Gasteiger partial charge on any atom is -0.493 e. The number of hydrogen-bond acceptors (Lipinski definition) is 15. The van der Waals surface area contributed by atoms with Crippen LogP contribution in [0.25, 0.3) is 0 Å². The predicted molar refractivity (Wildman–Crippen MR) is 225 cm³/mol. The molecule has 0 aliphatic carbocycles. The third-order valence-electron chi connectivity index (χ3n) is 9.81. The molecule has 3 aromatic carbocycles. The van der Waals surface area contributed by atoms with E-state index in [9.17, 15) is 14.9 Å². The Morgan fingerprint density at radius 1 is 0.810 bits per heavy atom. The van der Waals surface area contributed by atoms with Crippen molar-refractivity contribution in [1.29, 1.82) is 0 Å². The number of unbranched alkanes of at least 4 members (excludes halogenated alkanes) is 1. The van der Waals surface area contributed by atoms with E-state index < -0.39 is 11.0 Å². The van der Waals surface area contributed by atoms with Crippen molar-refractivity contribution in [3.63, 3.8) is 0 Å². The van der Waals surface area contributed by atoms with Gasteiger partial charge in [0.25, 0.3) is 11.6 Å². The van der Waals surface area contributed by atoms with Crippen molar-refractivity contribution in [2.45, 2.75) is 62.7 Å². The standard InChI is InChI=1S/C41H53N3O12S2/c1-9-57-41(58-10-2)29-14-13-15-43(29)40(45)27-22-32(48-3)33(24-30(27)44(46)47)54-16-11-12-17-55-39-36(51-6)20-26(21-37(39)52-7)31-23-28(42-56-31)25-18-34(49-4)38(53-8)35(19-25)50-5/h18-22,24,29,31,41H,9-17,23H2,1-8H3/t29-,31?/m0/s1. The third kappa shape index (κ3) is 10.0. The second-order valence-corrected chi connectivity index (χ2v) is 16.3. The van der Waals surface area contributed by atoms with Gasteiger partial charge in [-0.15, -0.1) is 23.5 Å². The fraction of sp³-hybridized carbons (Fsp3) is 0.512. The average molecular weight is 844 g/mol. The van der Waals surface area contributed by atoms with E-state index in [2.05, 4.69) is 19.0 Å². The van der Waals surface area contributed by atoms with Crippen LogP contribution in [0.1, 0.15) is 73.5 Å². The van der Waals surface area contributed by atoms with Crippen LogP contribution in [0.4, 0.5) is 5.69 Å². The van der Waals surface area contributed by atoms with Crippen LogP contribution in [-0.4, -0.2) is 106 Å². The molecule has 316 valence electrons. The largest absolute Gasteiger partial charge is 0.493 e. The number of likely N-dealkylation sites (tertiary alicyclic amines) is 1. The van der Waals surface area contributed by atoms with E-state index >= 15 is 0 Å². The van der Waals surface area contributed by atoms with Crippen LogP contribution in [0.15, 0.2) is 41.6 Å². The third-order valence-corrected chi connectivity index (χ3v) is 12.6. The van der Waals surface area contributed by atoms with Gasteiger partial charge in [0.2, 0.25) is 11.5 Å². The van der Waals surface area contributed by atoms with Gasteiger partial charge < -0.3 is 47.6 Å². The Bertz CT molecular complexity index is 1870. The highest BCUT2D eigenvalue weighted by molar-refractivity contribution is 8.17. The zero-order valence-corrected chi connectivity index (χ0v) is 36.0. The van der Waals surface area contributed by atoms with Crippen molar-refractivity contribution in [3.05, 3.63) is 63.2 Å². The Labute approximate surface area is 348 Å². The van der Waals surface area contributed by atoms with Gasteiger partial charge in [0, 0.05) is 30.2 Å². The van der Waals surface area contributed by atoms with Gasteiger partial charge in [0.15, 0.2) is 40.6 Å². The molecule has 5 rings (SSSR count). The van der Waals surface area contributed by atoms with E-state index in [0.29, 0.717) is 72.6 Å². The number of carbonyl (C=O) groups is 1. The zero-order valence-electron chi connectivity index (χ0n) is 34.3. The lowest BCUT2D eigenvalue weighted by atomic mass is 9.99. The molecule has 0 bridgehead atoms. The Morgan fingerprint density at radius 2 is 1.40 bits per heavy atom. The van der Waals surface area contributed by atoms with Gasteiger partial charge >= 0.3 is 0 Å². The summed E-state index contributed by atoms with van der Waals surface area (Å²) in [5.41, 5.74) is 1.95. The summed E-state index contributed by atoms with van der Waals surface area (Å²) in [4.78, 5) is 33.3. The molecule has 2 atom stereocenters. The molecule has 0 saturated carbocycles. The molecule has 2 aliphatic rings. The molecule has 1 saturated heterocycles. The smallest absolute Gasteiger partial charge is 0.286 e. The molecule has 2 aliphatic heterocycles. The molecule has 17 heteroatoms. The molecule has 0 N–H and O–H groups in total. The quantitative estimate of drug-likeness (QED) is 0.0412. The van der Waals surface area contributed by atoms with E-state index in [1.165, 1.54) is 19.2 Å². The minimum atomic E-state index is -0.538. The molecule has 0 radical (unpaired) electrons. The Kier molecular flexibility index (Phi) is 16.2. The normalized spacial score (nSPS) is 16.1. The van der Waals surface area contributed by atoms with Crippen LogP contribution in [0.3, 0.4) is 0 Å². The first-order valence-electron chi connectivity index (χ1n) is 19.1. The topological polar surface area (TPSA) is 159 Å². The molecular weight excluding hydrogens is 791 g/mol. The molecule has 2 heterocycles. The molecular formula is C41H53N3O12S2. The SMILES string of the molecule is CCSC(SCC)[C@@H]1CCCN1C(=O)c1cc(OC)c(OCCCCOc2c(OC)cc(C3CC(c4cc(OC)c(OC)c(OC)c4)=NO3)cc2OC)cc1[N+](=O)[O-]. The lowest BCUT2D eigenvalue weighted by molar-refractivity contribution is -0.385. The van der Waals surface area contributed by atoms with Crippen LogP contribution in [-0.2, 0) is 4.84 Å². The van der Waals surface area contributed by atoms with Crippen molar-refractivity contribution in [2.24, 2.45) is 5.16 Å². The number of nitrogens with zero attached hydrogens (tertiary/aromatic N) is 3. The molecule has 1 amide bonds. The maximum absolute atomic E-state index is 13.9. The number of amides is 1. The molecule has 0 spiro atoms. The number of carbonyl (C=O) groups excluding carboxylic acids is 1. The van der Waals surface area contributed by atoms with Gasteiger partial charge in [0.1, 0.15) is 5.56 Å². The van der Waals surface area contributed by atoms with Crippen LogP contribution < -0.4 is 37.9 Å². The number of rotatable bonds is 22. The van der Waals surface area contributed by atoms with Gasteiger partial charge in [-0.25, -0.2) is 0 Å². The van der Waals surface area contributed by atoms with Gasteiger partial charge in [-0.3, -0.25) is 14.9 Å². The van der Waals surface area contributed by atoms with Crippen LogP contribution >= 0.6 is 23.5 Å². The average Bonchev–Trinajstić information content (AvgIpc) is 3.95. The number of hydrogen-bond donors (Lipinski definition) is 0. The van der Waals surface area contributed by atoms with E-state index in [4.69, 9.17) is 42.7 Å². The molecule has 58 heavy (non-hydrogen) atoms. The van der Waals surface area contributed by atoms with Crippen LogP contribution in [0.2, 0.25) is 0 Å². The molecule has 1 unspecified atom stereocenters. The highest BCUT2D eigenvalue weighted by Gasteiger charge is 2.38. The van der Waals surface area contributed by atoms with Crippen LogP contribution in [0, 0.1) is 10.1 Å². The summed E-state index contributed by atoms with van der Waals surface area (Å²) in [5.74, 6) is 4.80. The monoisotopic (exact) mass is 843 g/mol. The number of benzene rings is 3. The second-order valence-electron chi connectivity index (χ2n) is 13.2. The molecule has 15 nitrogen and oxygen atoms in total. The fourth-order valence-corrected chi connectivity index (χ4v) is 9.86. The number of ether oxygens (including phenoxy) is 8. The molecule has 3 aromatic rings. The number of oxime groups is 1. The van der Waals surface area contributed by atoms with Crippen molar-refractivity contribution in [3.8, 4) is 46.0 Å². The van der Waals surface area contributed by atoms with Crippen molar-refractivity contribution >= 4 is 40.8 Å². The maximum Gasteiger partial charge on any atom is 0.286 e. The highest BCUT2D eigenvalue weighted by atomic mass is 32.2. The van der Waals surface area contributed by atoms with Crippen LogP contribution in [0.5, 0.6) is 46.0 Å². The summed E-state index contributed by atoms with van der Waals surface area (Å²) in [6, 6.07) is 10.0. The van der Waals surface area contributed by atoms with Gasteiger partial charge in [-0.2, -0.15) is 0 Å². The lowest BCUT2D eigenvalue weighted by Crippen LogP contribution is -2.41. The van der Waals surface area contributed by atoms with Gasteiger partial charge in [-0.05, 0) is 61.5 Å². The Balaban J connectivity index is 1.20. The minimum absolute atomic E-state index is 0.00353. The summed E-state index contributed by atoms with van der Waals surface area (Å²) in [6.45, 7) is 5.29. The van der Waals surface area contributed by atoms with E-state index in [0.717, 1.165) is 35.5 Å². The Morgan fingerprint density at radius 3 is 1.95 bits per heavy atom. The highest BCUT2D eigenvalue weighted by Crippen LogP contribution is 2.45. The first-order chi connectivity index (χ1) is 28.2. The molecule has 1 fully saturated rings. The first kappa shape index (κ1) is 44.2. The fourth-order valence-electron chi connectivity index (χ4n) is 6.99. The van der Waals surface area contributed by atoms with Gasteiger partial charge in [0.05, 0.1) is 83.2 Å². The summed E-state index contributed by atoms with van der Waals surface area (Å²) >= 11 is 3.62. The van der Waals surface area contributed by atoms with Crippen molar-refractivity contribution < 1.29 is 52.5 Å². The summed E-state index contributed by atoms with van der Waals surface area (Å²) in [6.07, 6.45) is 2.90. The summed E-state index contributed by atoms with van der Waals surface area (Å²) in [7, 11) is 9.22. The number of nitro groups is 1. The van der Waals surface area contributed by atoms with E-state index in [-0.39, 0.29) is 45.9 Å². The zero-order chi connectivity index (χ0) is 41.8. The molecule has 0 aromatic heterocycles. The summed E-state index contributed by atoms with van der Waals surface area (Å²) in [5, 5.41) is 16.6. The lowest BCUT2D eigenvalue weighted by Gasteiger charge is -2.31. The van der Waals surface area contributed by atoms with E-state index in [1.54, 1.807) is 40.4 Å². The summed E-state index contributed by atoms with van der Waals surface area (Å²) < 4.78 is 45.8. The van der Waals surface area contributed by atoms with Crippen molar-refractivity contribution in [1.82, 2.24) is 4.90 Å². The van der Waals surface area contributed by atoms with E-state index in [1.807, 2.05) is 47.8 Å².